The fourth-order valence-electron chi connectivity index (χ4n) is 2.48. The van der Waals surface area contributed by atoms with Gasteiger partial charge in [-0.2, -0.15) is 0 Å². The van der Waals surface area contributed by atoms with Crippen LogP contribution < -0.4 is 5.32 Å². The van der Waals surface area contributed by atoms with Gasteiger partial charge in [0.25, 0.3) is 0 Å². The molecule has 2 aromatic carbocycles. The van der Waals surface area contributed by atoms with Crippen LogP contribution in [0.2, 0.25) is 0 Å². The number of hydrogen-bond acceptors (Lipinski definition) is 3. The van der Waals surface area contributed by atoms with Crippen molar-refractivity contribution in [2.24, 2.45) is 0 Å². The highest BCUT2D eigenvalue weighted by Gasteiger charge is 2.09. The summed E-state index contributed by atoms with van der Waals surface area (Å²) in [6, 6.07) is 14.0. The number of benzene rings is 2. The maximum absolute atomic E-state index is 12.9. The molecule has 128 valence electrons. The largest absolute Gasteiger partial charge is 0.441 e. The number of rotatable bonds is 6. The fourth-order valence-corrected chi connectivity index (χ4v) is 2.48. The Kier molecular flexibility index (Phi) is 5.23. The molecule has 1 amide bonds. The van der Waals surface area contributed by atoms with Crippen LogP contribution in [0.5, 0.6) is 0 Å². The third-order valence-corrected chi connectivity index (χ3v) is 3.99. The first-order valence-corrected chi connectivity index (χ1v) is 8.13. The molecule has 3 aromatic rings. The lowest BCUT2D eigenvalue weighted by molar-refractivity contribution is -0.121. The van der Waals surface area contributed by atoms with Crippen LogP contribution in [0, 0.1) is 12.7 Å². The van der Waals surface area contributed by atoms with Crippen molar-refractivity contribution in [1.82, 2.24) is 10.3 Å². The van der Waals surface area contributed by atoms with E-state index in [1.165, 1.54) is 12.1 Å². The van der Waals surface area contributed by atoms with Crippen molar-refractivity contribution in [3.05, 3.63) is 77.6 Å². The highest BCUT2D eigenvalue weighted by molar-refractivity contribution is 5.76. The van der Waals surface area contributed by atoms with Crippen molar-refractivity contribution in [3.63, 3.8) is 0 Å². The summed E-state index contributed by atoms with van der Waals surface area (Å²) in [7, 11) is 0. The maximum atomic E-state index is 12.9. The number of hydrogen-bond donors (Lipinski definition) is 1. The van der Waals surface area contributed by atoms with Crippen LogP contribution in [-0.4, -0.2) is 10.9 Å². The van der Waals surface area contributed by atoms with Crippen LogP contribution in [0.3, 0.4) is 0 Å². The van der Waals surface area contributed by atoms with E-state index in [0.717, 1.165) is 16.7 Å². The summed E-state index contributed by atoms with van der Waals surface area (Å²) >= 11 is 0. The Labute approximate surface area is 145 Å². The molecule has 5 heteroatoms. The molecule has 0 aliphatic carbocycles. The summed E-state index contributed by atoms with van der Waals surface area (Å²) in [5, 5.41) is 2.90. The van der Waals surface area contributed by atoms with Crippen LogP contribution in [0.4, 0.5) is 4.39 Å². The van der Waals surface area contributed by atoms with Crippen molar-refractivity contribution in [3.8, 4) is 11.3 Å². The summed E-state index contributed by atoms with van der Waals surface area (Å²) in [5.41, 5.74) is 3.01. The topological polar surface area (TPSA) is 55.1 Å². The average molecular weight is 338 g/mol. The first kappa shape index (κ1) is 16.9. The number of carbonyl (C=O) groups excluding carboxylic acids is 1. The Morgan fingerprint density at radius 3 is 2.68 bits per heavy atom. The minimum absolute atomic E-state index is 0.0511. The van der Waals surface area contributed by atoms with Gasteiger partial charge in [-0.05, 0) is 42.3 Å². The van der Waals surface area contributed by atoms with Gasteiger partial charge in [0.15, 0.2) is 11.7 Å². The number of oxazole rings is 1. The van der Waals surface area contributed by atoms with Gasteiger partial charge in [-0.1, -0.05) is 24.3 Å². The quantitative estimate of drug-likeness (QED) is 0.738. The van der Waals surface area contributed by atoms with E-state index >= 15 is 0 Å². The molecule has 0 bridgehead atoms. The predicted octanol–water partition coefficient (Wildman–Crippen LogP) is 4.04. The van der Waals surface area contributed by atoms with Crippen LogP contribution in [0.1, 0.15) is 23.4 Å². The molecular formula is C20H19FN2O2. The second-order valence-electron chi connectivity index (χ2n) is 5.83. The summed E-state index contributed by atoms with van der Waals surface area (Å²) in [5.74, 6) is 0.708. The lowest BCUT2D eigenvalue weighted by Gasteiger charge is -2.07. The molecule has 0 unspecified atom stereocenters. The van der Waals surface area contributed by atoms with E-state index in [4.69, 9.17) is 4.42 Å². The van der Waals surface area contributed by atoms with E-state index in [9.17, 15) is 9.18 Å². The standard InChI is InChI=1S/C20H19FN2O2/c1-14-4-2-3-5-16(14)12-22-19(24)10-11-20-23-13-18(25-20)15-6-8-17(21)9-7-15/h2-9,13H,10-12H2,1H3,(H,22,24). The van der Waals surface area contributed by atoms with Crippen LogP contribution in [0.25, 0.3) is 11.3 Å². The third-order valence-electron chi connectivity index (χ3n) is 3.99. The number of carbonyl (C=O) groups is 1. The zero-order chi connectivity index (χ0) is 17.6. The van der Waals surface area contributed by atoms with Crippen molar-refractivity contribution in [2.45, 2.75) is 26.3 Å². The van der Waals surface area contributed by atoms with Gasteiger partial charge in [-0.15, -0.1) is 0 Å². The van der Waals surface area contributed by atoms with E-state index in [1.54, 1.807) is 18.3 Å². The Morgan fingerprint density at radius 1 is 1.16 bits per heavy atom. The molecule has 1 aromatic heterocycles. The van der Waals surface area contributed by atoms with Gasteiger partial charge in [-0.3, -0.25) is 4.79 Å². The second kappa shape index (κ2) is 7.75. The average Bonchev–Trinajstić information content (AvgIpc) is 3.09. The molecule has 0 fully saturated rings. The summed E-state index contributed by atoms with van der Waals surface area (Å²) in [6.45, 7) is 2.53. The zero-order valence-electron chi connectivity index (χ0n) is 14.0. The number of aryl methyl sites for hydroxylation is 2. The normalized spacial score (nSPS) is 10.6. The molecule has 0 saturated carbocycles. The van der Waals surface area contributed by atoms with E-state index in [1.807, 2.05) is 31.2 Å². The van der Waals surface area contributed by atoms with Crippen LogP contribution in [-0.2, 0) is 17.8 Å². The Hall–Kier alpha value is -2.95. The molecule has 0 aliphatic heterocycles. The minimum atomic E-state index is -0.297. The molecule has 1 N–H and O–H groups in total. The fraction of sp³-hybridized carbons (Fsp3) is 0.200. The molecule has 0 spiro atoms. The molecule has 0 aliphatic rings. The number of amides is 1. The number of nitrogens with zero attached hydrogens (tertiary/aromatic N) is 1. The Bertz CT molecular complexity index is 856. The van der Waals surface area contributed by atoms with E-state index < -0.39 is 0 Å². The summed E-state index contributed by atoms with van der Waals surface area (Å²) < 4.78 is 18.6. The lowest BCUT2D eigenvalue weighted by atomic mass is 10.1. The van der Waals surface area contributed by atoms with Gasteiger partial charge in [0.2, 0.25) is 5.91 Å². The van der Waals surface area contributed by atoms with Crippen molar-refractivity contribution < 1.29 is 13.6 Å². The Morgan fingerprint density at radius 2 is 1.92 bits per heavy atom. The third kappa shape index (κ3) is 4.53. The number of halogens is 1. The van der Waals surface area contributed by atoms with Crippen molar-refractivity contribution in [2.75, 3.05) is 0 Å². The monoisotopic (exact) mass is 338 g/mol. The lowest BCUT2D eigenvalue weighted by Crippen LogP contribution is -2.23. The van der Waals surface area contributed by atoms with Gasteiger partial charge in [0.1, 0.15) is 5.82 Å². The highest BCUT2D eigenvalue weighted by Crippen LogP contribution is 2.21. The first-order valence-electron chi connectivity index (χ1n) is 8.13. The molecule has 0 atom stereocenters. The Balaban J connectivity index is 1.51. The van der Waals surface area contributed by atoms with Gasteiger partial charge < -0.3 is 9.73 Å². The number of nitrogens with one attached hydrogen (secondary N) is 1. The molecule has 0 saturated heterocycles. The zero-order valence-corrected chi connectivity index (χ0v) is 14.0. The second-order valence-corrected chi connectivity index (χ2v) is 5.83. The van der Waals surface area contributed by atoms with Crippen LogP contribution >= 0.6 is 0 Å². The molecule has 0 radical (unpaired) electrons. The van der Waals surface area contributed by atoms with Crippen LogP contribution in [0.15, 0.2) is 59.1 Å². The molecule has 1 heterocycles. The first-order chi connectivity index (χ1) is 12.1. The highest BCUT2D eigenvalue weighted by atomic mass is 19.1. The molecular weight excluding hydrogens is 319 g/mol. The van der Waals surface area contributed by atoms with E-state index in [2.05, 4.69) is 10.3 Å². The molecule has 3 rings (SSSR count). The maximum Gasteiger partial charge on any atom is 0.220 e. The van der Waals surface area contributed by atoms with Gasteiger partial charge >= 0.3 is 0 Å². The van der Waals surface area contributed by atoms with Crippen molar-refractivity contribution in [1.29, 1.82) is 0 Å². The van der Waals surface area contributed by atoms with E-state index in [-0.39, 0.29) is 11.7 Å². The molecule has 25 heavy (non-hydrogen) atoms. The van der Waals surface area contributed by atoms with Gasteiger partial charge in [-0.25, -0.2) is 9.37 Å². The number of aromatic nitrogens is 1. The smallest absolute Gasteiger partial charge is 0.220 e. The van der Waals surface area contributed by atoms with Gasteiger partial charge in [0, 0.05) is 24.9 Å². The minimum Gasteiger partial charge on any atom is -0.441 e. The van der Waals surface area contributed by atoms with E-state index in [0.29, 0.717) is 31.0 Å². The summed E-state index contributed by atoms with van der Waals surface area (Å²) in [4.78, 5) is 16.2. The summed E-state index contributed by atoms with van der Waals surface area (Å²) in [6.07, 6.45) is 2.31. The predicted molar refractivity (Wildman–Crippen MR) is 93.2 cm³/mol. The van der Waals surface area contributed by atoms with Crippen molar-refractivity contribution >= 4 is 5.91 Å². The molecule has 4 nitrogen and oxygen atoms in total. The van der Waals surface area contributed by atoms with Gasteiger partial charge in [0.05, 0.1) is 6.20 Å². The SMILES string of the molecule is Cc1ccccc1CNC(=O)CCc1ncc(-c2ccc(F)cc2)o1.